The van der Waals surface area contributed by atoms with Gasteiger partial charge in [-0.1, -0.05) is 19.1 Å². The van der Waals surface area contributed by atoms with Crippen LogP contribution in [0, 0.1) is 5.92 Å². The summed E-state index contributed by atoms with van der Waals surface area (Å²) in [5.41, 5.74) is 1.30. The van der Waals surface area contributed by atoms with Gasteiger partial charge >= 0.3 is 0 Å². The predicted octanol–water partition coefficient (Wildman–Crippen LogP) is 2.96. The molecule has 0 aromatic heterocycles. The maximum Gasteiger partial charge on any atom is 0.236 e. The number of carbonyl (C=O) groups excluding carboxylic acids is 1. The zero-order valence-electron chi connectivity index (χ0n) is 15.0. The molecule has 1 amide bonds. The first-order chi connectivity index (χ1) is 11.7. The molecule has 0 spiro atoms. The Morgan fingerprint density at radius 2 is 2.08 bits per heavy atom. The van der Waals surface area contributed by atoms with Crippen LogP contribution >= 0.6 is 0 Å². The van der Waals surface area contributed by atoms with E-state index in [9.17, 15) is 4.79 Å². The Hall–Kier alpha value is -1.55. The van der Waals surface area contributed by atoms with E-state index in [0.29, 0.717) is 24.4 Å². The van der Waals surface area contributed by atoms with Crippen molar-refractivity contribution >= 4 is 5.91 Å². The summed E-state index contributed by atoms with van der Waals surface area (Å²) >= 11 is 0. The SMILES string of the molecule is COc1cccc(C[C@@H]2CCCN2CC(=O)N2CCC[C@@H](C)C2)c1. The molecule has 2 fully saturated rings. The Morgan fingerprint density at radius 3 is 2.88 bits per heavy atom. The summed E-state index contributed by atoms with van der Waals surface area (Å²) in [7, 11) is 1.71. The van der Waals surface area contributed by atoms with Crippen molar-refractivity contribution in [3.63, 3.8) is 0 Å². The van der Waals surface area contributed by atoms with Crippen LogP contribution in [0.4, 0.5) is 0 Å². The third kappa shape index (κ3) is 4.29. The highest BCUT2D eigenvalue weighted by Crippen LogP contribution is 2.24. The van der Waals surface area contributed by atoms with Crippen molar-refractivity contribution in [2.45, 2.75) is 45.1 Å². The van der Waals surface area contributed by atoms with Crippen LogP contribution in [0.25, 0.3) is 0 Å². The monoisotopic (exact) mass is 330 g/mol. The Kier molecular flexibility index (Phi) is 5.77. The van der Waals surface area contributed by atoms with Crippen LogP contribution in [0.2, 0.25) is 0 Å². The molecule has 1 aromatic rings. The molecule has 3 rings (SSSR count). The fraction of sp³-hybridized carbons (Fsp3) is 0.650. The van der Waals surface area contributed by atoms with Gasteiger partial charge in [-0.2, -0.15) is 0 Å². The van der Waals surface area contributed by atoms with Crippen LogP contribution in [0.15, 0.2) is 24.3 Å². The van der Waals surface area contributed by atoms with E-state index >= 15 is 0 Å². The average molecular weight is 330 g/mol. The van der Waals surface area contributed by atoms with Gasteiger partial charge in [-0.15, -0.1) is 0 Å². The summed E-state index contributed by atoms with van der Waals surface area (Å²) in [4.78, 5) is 17.1. The van der Waals surface area contributed by atoms with E-state index in [1.807, 2.05) is 12.1 Å². The molecule has 2 aliphatic heterocycles. The lowest BCUT2D eigenvalue weighted by molar-refractivity contribution is -0.134. The average Bonchev–Trinajstić information content (AvgIpc) is 3.02. The number of ether oxygens (including phenoxy) is 1. The zero-order chi connectivity index (χ0) is 16.9. The molecule has 24 heavy (non-hydrogen) atoms. The lowest BCUT2D eigenvalue weighted by Crippen LogP contribution is -2.46. The highest BCUT2D eigenvalue weighted by Gasteiger charge is 2.29. The third-order valence-corrected chi connectivity index (χ3v) is 5.45. The highest BCUT2D eigenvalue weighted by molar-refractivity contribution is 5.78. The summed E-state index contributed by atoms with van der Waals surface area (Å²) < 4.78 is 5.33. The van der Waals surface area contributed by atoms with Crippen molar-refractivity contribution in [3.8, 4) is 5.75 Å². The van der Waals surface area contributed by atoms with E-state index in [1.165, 1.54) is 24.8 Å². The summed E-state index contributed by atoms with van der Waals surface area (Å²) in [6, 6.07) is 8.78. The largest absolute Gasteiger partial charge is 0.497 e. The quantitative estimate of drug-likeness (QED) is 0.832. The number of hydrogen-bond acceptors (Lipinski definition) is 3. The second kappa shape index (κ2) is 8.02. The van der Waals surface area contributed by atoms with Crippen LogP contribution in [0.3, 0.4) is 0 Å². The molecule has 0 unspecified atom stereocenters. The minimum absolute atomic E-state index is 0.319. The number of hydrogen-bond donors (Lipinski definition) is 0. The van der Waals surface area contributed by atoms with Crippen molar-refractivity contribution in [1.82, 2.24) is 9.80 Å². The van der Waals surface area contributed by atoms with E-state index in [4.69, 9.17) is 4.74 Å². The Balaban J connectivity index is 1.57. The van der Waals surface area contributed by atoms with Crippen LogP contribution < -0.4 is 4.74 Å². The fourth-order valence-electron chi connectivity index (χ4n) is 4.10. The lowest BCUT2D eigenvalue weighted by atomic mass is 10.00. The van der Waals surface area contributed by atoms with Gasteiger partial charge in [0.15, 0.2) is 0 Å². The van der Waals surface area contributed by atoms with E-state index in [0.717, 1.165) is 38.2 Å². The first kappa shape index (κ1) is 17.3. The molecular formula is C20H30N2O2. The number of benzene rings is 1. The second-order valence-electron chi connectivity index (χ2n) is 7.41. The molecule has 0 bridgehead atoms. The summed E-state index contributed by atoms with van der Waals surface area (Å²) in [5, 5.41) is 0. The molecule has 0 saturated carbocycles. The van der Waals surface area contributed by atoms with Gasteiger partial charge in [0.1, 0.15) is 5.75 Å². The van der Waals surface area contributed by atoms with Crippen LogP contribution in [-0.4, -0.2) is 55.0 Å². The first-order valence-corrected chi connectivity index (χ1v) is 9.30. The van der Waals surface area contributed by atoms with Gasteiger partial charge in [-0.3, -0.25) is 9.69 Å². The number of amides is 1. The van der Waals surface area contributed by atoms with E-state index in [2.05, 4.69) is 28.9 Å². The van der Waals surface area contributed by atoms with Gasteiger partial charge in [0.2, 0.25) is 5.91 Å². The van der Waals surface area contributed by atoms with Gasteiger partial charge in [-0.05, 0) is 62.3 Å². The minimum Gasteiger partial charge on any atom is -0.497 e. The molecule has 2 heterocycles. The molecular weight excluding hydrogens is 300 g/mol. The topological polar surface area (TPSA) is 32.8 Å². The van der Waals surface area contributed by atoms with Gasteiger partial charge in [0.25, 0.3) is 0 Å². The number of rotatable bonds is 5. The number of methoxy groups -OCH3 is 1. The molecule has 132 valence electrons. The van der Waals surface area contributed by atoms with Gasteiger partial charge in [-0.25, -0.2) is 0 Å². The highest BCUT2D eigenvalue weighted by atomic mass is 16.5. The van der Waals surface area contributed by atoms with Gasteiger partial charge in [0, 0.05) is 19.1 Å². The van der Waals surface area contributed by atoms with Crippen LogP contribution in [0.5, 0.6) is 5.75 Å². The molecule has 0 aliphatic carbocycles. The maximum atomic E-state index is 12.7. The van der Waals surface area contributed by atoms with Crippen LogP contribution in [0.1, 0.15) is 38.2 Å². The number of likely N-dealkylation sites (tertiary alicyclic amines) is 2. The number of nitrogens with zero attached hydrogens (tertiary/aromatic N) is 2. The van der Waals surface area contributed by atoms with E-state index in [-0.39, 0.29) is 0 Å². The molecule has 4 nitrogen and oxygen atoms in total. The van der Waals surface area contributed by atoms with Crippen molar-refractivity contribution in [3.05, 3.63) is 29.8 Å². The Morgan fingerprint density at radius 1 is 1.25 bits per heavy atom. The molecule has 1 aromatic carbocycles. The Bertz CT molecular complexity index is 560. The number of carbonyl (C=O) groups is 1. The molecule has 2 saturated heterocycles. The smallest absolute Gasteiger partial charge is 0.236 e. The number of piperidine rings is 1. The summed E-state index contributed by atoms with van der Waals surface area (Å²) in [5.74, 6) is 1.88. The van der Waals surface area contributed by atoms with E-state index < -0.39 is 0 Å². The van der Waals surface area contributed by atoms with E-state index in [1.54, 1.807) is 7.11 Å². The van der Waals surface area contributed by atoms with Crippen molar-refractivity contribution < 1.29 is 9.53 Å². The molecule has 2 atom stereocenters. The third-order valence-electron chi connectivity index (χ3n) is 5.45. The minimum atomic E-state index is 0.319. The van der Waals surface area contributed by atoms with Crippen molar-refractivity contribution in [2.24, 2.45) is 5.92 Å². The van der Waals surface area contributed by atoms with Crippen molar-refractivity contribution in [2.75, 3.05) is 33.3 Å². The normalized spacial score (nSPS) is 25.0. The van der Waals surface area contributed by atoms with Crippen LogP contribution in [-0.2, 0) is 11.2 Å². The van der Waals surface area contributed by atoms with Crippen molar-refractivity contribution in [1.29, 1.82) is 0 Å². The maximum absolute atomic E-state index is 12.7. The summed E-state index contributed by atoms with van der Waals surface area (Å²) in [6.07, 6.45) is 5.78. The summed E-state index contributed by atoms with van der Waals surface area (Å²) in [6.45, 7) is 5.76. The predicted molar refractivity (Wildman–Crippen MR) is 96.3 cm³/mol. The lowest BCUT2D eigenvalue weighted by Gasteiger charge is -2.33. The molecule has 0 N–H and O–H groups in total. The first-order valence-electron chi connectivity index (χ1n) is 9.30. The second-order valence-corrected chi connectivity index (χ2v) is 7.41. The molecule has 0 radical (unpaired) electrons. The van der Waals surface area contributed by atoms with Gasteiger partial charge in [0.05, 0.1) is 13.7 Å². The fourth-order valence-corrected chi connectivity index (χ4v) is 4.10. The molecule has 4 heteroatoms. The Labute approximate surface area is 145 Å². The molecule has 2 aliphatic rings. The standard InChI is InChI=1S/C20H30N2O2/c1-16-6-4-11-22(14-16)20(23)15-21-10-5-8-18(21)12-17-7-3-9-19(13-17)24-2/h3,7,9,13,16,18H,4-6,8,10-12,14-15H2,1-2H3/t16-,18+/m1/s1. The zero-order valence-corrected chi connectivity index (χ0v) is 15.0. The van der Waals surface area contributed by atoms with Gasteiger partial charge < -0.3 is 9.64 Å².